The van der Waals surface area contributed by atoms with Gasteiger partial charge in [0.1, 0.15) is 11.5 Å². The molecule has 7 heteroatoms. The first-order valence-corrected chi connectivity index (χ1v) is 6.13. The summed E-state index contributed by atoms with van der Waals surface area (Å²) in [6.07, 6.45) is 2.98. The molecule has 0 saturated carbocycles. The van der Waals surface area contributed by atoms with E-state index in [-0.39, 0.29) is 5.91 Å². The van der Waals surface area contributed by atoms with Gasteiger partial charge in [-0.25, -0.2) is 0 Å². The molecule has 0 aliphatic carbocycles. The highest BCUT2D eigenvalue weighted by molar-refractivity contribution is 6.08. The van der Waals surface area contributed by atoms with Crippen molar-refractivity contribution in [3.8, 4) is 11.5 Å². The molecule has 0 saturated heterocycles. The summed E-state index contributed by atoms with van der Waals surface area (Å²) < 4.78 is 10.4. The Morgan fingerprint density at radius 1 is 1.19 bits per heavy atom. The maximum atomic E-state index is 12.3. The van der Waals surface area contributed by atoms with Crippen LogP contribution in [-0.2, 0) is 0 Å². The van der Waals surface area contributed by atoms with Gasteiger partial charge in [-0.05, 0) is 18.2 Å². The third kappa shape index (κ3) is 3.21. The summed E-state index contributed by atoms with van der Waals surface area (Å²) in [5.74, 6) is 6.17. The van der Waals surface area contributed by atoms with Gasteiger partial charge in [0.05, 0.1) is 37.4 Å². The average molecular weight is 288 g/mol. The van der Waals surface area contributed by atoms with Crippen molar-refractivity contribution in [1.82, 2.24) is 4.98 Å². The zero-order chi connectivity index (χ0) is 15.2. The minimum Gasteiger partial charge on any atom is -0.497 e. The molecule has 0 bridgehead atoms. The minimum atomic E-state index is -0.336. The van der Waals surface area contributed by atoms with Crippen LogP contribution in [-0.4, -0.2) is 25.1 Å². The van der Waals surface area contributed by atoms with Crippen LogP contribution < -0.4 is 26.1 Å². The number of pyridine rings is 1. The van der Waals surface area contributed by atoms with Crippen molar-refractivity contribution in [2.45, 2.75) is 0 Å². The summed E-state index contributed by atoms with van der Waals surface area (Å²) in [4.78, 5) is 16.2. The van der Waals surface area contributed by atoms with Crippen molar-refractivity contribution >= 4 is 17.3 Å². The quantitative estimate of drug-likeness (QED) is 0.571. The lowest BCUT2D eigenvalue weighted by Crippen LogP contribution is -2.17. The smallest absolute Gasteiger partial charge is 0.258 e. The molecule has 7 nitrogen and oxygen atoms in total. The van der Waals surface area contributed by atoms with Crippen LogP contribution in [0.2, 0.25) is 0 Å². The molecule has 1 heterocycles. The van der Waals surface area contributed by atoms with Gasteiger partial charge in [0.25, 0.3) is 5.91 Å². The van der Waals surface area contributed by atoms with E-state index < -0.39 is 0 Å². The standard InChI is InChI=1S/C14H16N4O3/c1-20-9-3-4-13(21-2)11(7-9)17-14(19)10-5-6-16-8-12(10)18-15/h3-8,18H,15H2,1-2H3,(H,17,19). The molecule has 1 aromatic carbocycles. The molecule has 21 heavy (non-hydrogen) atoms. The summed E-state index contributed by atoms with van der Waals surface area (Å²) >= 11 is 0. The SMILES string of the molecule is COc1ccc(OC)c(NC(=O)c2ccncc2NN)c1. The first-order valence-electron chi connectivity index (χ1n) is 6.13. The fourth-order valence-corrected chi connectivity index (χ4v) is 1.81. The van der Waals surface area contributed by atoms with Crippen molar-refractivity contribution < 1.29 is 14.3 Å². The third-order valence-corrected chi connectivity index (χ3v) is 2.88. The third-order valence-electron chi connectivity index (χ3n) is 2.88. The van der Waals surface area contributed by atoms with Crippen LogP contribution in [0.4, 0.5) is 11.4 Å². The molecule has 0 spiro atoms. The summed E-state index contributed by atoms with van der Waals surface area (Å²) in [5.41, 5.74) is 3.74. The molecule has 2 rings (SSSR count). The minimum absolute atomic E-state index is 0.336. The van der Waals surface area contributed by atoms with Crippen LogP contribution in [0.25, 0.3) is 0 Å². The molecule has 0 unspecified atom stereocenters. The fourth-order valence-electron chi connectivity index (χ4n) is 1.81. The molecule has 1 aromatic heterocycles. The number of hydrogen-bond acceptors (Lipinski definition) is 6. The summed E-state index contributed by atoms with van der Waals surface area (Å²) in [7, 11) is 3.07. The van der Waals surface area contributed by atoms with E-state index in [9.17, 15) is 4.79 Å². The van der Waals surface area contributed by atoms with Crippen LogP contribution in [0.5, 0.6) is 11.5 Å². The Balaban J connectivity index is 2.30. The number of aromatic nitrogens is 1. The zero-order valence-electron chi connectivity index (χ0n) is 11.7. The summed E-state index contributed by atoms with van der Waals surface area (Å²) in [6, 6.07) is 6.70. The number of amides is 1. The van der Waals surface area contributed by atoms with Crippen molar-refractivity contribution in [1.29, 1.82) is 0 Å². The Hall–Kier alpha value is -2.80. The van der Waals surface area contributed by atoms with E-state index in [1.165, 1.54) is 19.5 Å². The van der Waals surface area contributed by atoms with Crippen LogP contribution in [0.1, 0.15) is 10.4 Å². The van der Waals surface area contributed by atoms with Gasteiger partial charge in [-0.1, -0.05) is 0 Å². The lowest BCUT2D eigenvalue weighted by atomic mass is 10.2. The molecule has 0 aliphatic heterocycles. The highest BCUT2D eigenvalue weighted by Gasteiger charge is 2.14. The van der Waals surface area contributed by atoms with Gasteiger partial charge in [0.15, 0.2) is 0 Å². The topological polar surface area (TPSA) is 98.5 Å². The molecule has 4 N–H and O–H groups in total. The summed E-state index contributed by atoms with van der Waals surface area (Å²) in [6.45, 7) is 0. The Labute approximate surface area is 122 Å². The molecule has 110 valence electrons. The van der Waals surface area contributed by atoms with Gasteiger partial charge in [0, 0.05) is 12.3 Å². The lowest BCUT2D eigenvalue weighted by molar-refractivity contribution is 0.102. The predicted octanol–water partition coefficient (Wildman–Crippen LogP) is 1.64. The normalized spacial score (nSPS) is 9.86. The Morgan fingerprint density at radius 3 is 2.67 bits per heavy atom. The van der Waals surface area contributed by atoms with E-state index in [4.69, 9.17) is 15.3 Å². The number of nitrogens with one attached hydrogen (secondary N) is 2. The van der Waals surface area contributed by atoms with E-state index >= 15 is 0 Å². The molecule has 0 atom stereocenters. The van der Waals surface area contributed by atoms with E-state index in [1.807, 2.05) is 0 Å². The number of rotatable bonds is 5. The molecular formula is C14H16N4O3. The number of benzene rings is 1. The second-order valence-corrected chi connectivity index (χ2v) is 4.09. The van der Waals surface area contributed by atoms with Crippen LogP contribution in [0.15, 0.2) is 36.7 Å². The molecular weight excluding hydrogens is 272 g/mol. The van der Waals surface area contributed by atoms with Crippen LogP contribution >= 0.6 is 0 Å². The first kappa shape index (κ1) is 14.6. The number of carbonyl (C=O) groups excluding carboxylic acids is 1. The van der Waals surface area contributed by atoms with Crippen molar-refractivity contribution in [3.63, 3.8) is 0 Å². The summed E-state index contributed by atoms with van der Waals surface area (Å²) in [5, 5.41) is 2.76. The van der Waals surface area contributed by atoms with E-state index in [2.05, 4.69) is 15.7 Å². The molecule has 1 amide bonds. The molecule has 0 fully saturated rings. The highest BCUT2D eigenvalue weighted by Crippen LogP contribution is 2.29. The predicted molar refractivity (Wildman–Crippen MR) is 79.5 cm³/mol. The van der Waals surface area contributed by atoms with Gasteiger partial charge >= 0.3 is 0 Å². The highest BCUT2D eigenvalue weighted by atomic mass is 16.5. The zero-order valence-corrected chi connectivity index (χ0v) is 11.7. The van der Waals surface area contributed by atoms with Crippen molar-refractivity contribution in [2.75, 3.05) is 25.0 Å². The molecule has 2 aromatic rings. The van der Waals surface area contributed by atoms with Crippen LogP contribution in [0, 0.1) is 0 Å². The maximum absolute atomic E-state index is 12.3. The maximum Gasteiger partial charge on any atom is 0.258 e. The number of nitrogens with zero attached hydrogens (tertiary/aromatic N) is 1. The van der Waals surface area contributed by atoms with Gasteiger partial charge in [-0.3, -0.25) is 15.6 Å². The second kappa shape index (κ2) is 6.58. The number of nitrogens with two attached hydrogens (primary N) is 1. The Bertz CT molecular complexity index is 646. The first-order chi connectivity index (χ1) is 10.2. The van der Waals surface area contributed by atoms with Crippen molar-refractivity contribution in [3.05, 3.63) is 42.2 Å². The second-order valence-electron chi connectivity index (χ2n) is 4.09. The number of hydrogen-bond donors (Lipinski definition) is 3. The van der Waals surface area contributed by atoms with E-state index in [0.717, 1.165) is 0 Å². The van der Waals surface area contributed by atoms with E-state index in [0.29, 0.717) is 28.4 Å². The van der Waals surface area contributed by atoms with Gasteiger partial charge < -0.3 is 20.2 Å². The van der Waals surface area contributed by atoms with Crippen molar-refractivity contribution in [2.24, 2.45) is 5.84 Å². The molecule has 0 aliphatic rings. The largest absolute Gasteiger partial charge is 0.497 e. The van der Waals surface area contributed by atoms with E-state index in [1.54, 1.807) is 31.4 Å². The van der Waals surface area contributed by atoms with Gasteiger partial charge in [-0.15, -0.1) is 0 Å². The molecule has 0 radical (unpaired) electrons. The number of carbonyl (C=O) groups is 1. The van der Waals surface area contributed by atoms with Gasteiger partial charge in [-0.2, -0.15) is 0 Å². The number of ether oxygens (including phenoxy) is 2. The number of nitrogen functional groups attached to an aromatic ring is 1. The number of hydrazine groups is 1. The Kier molecular flexibility index (Phi) is 4.57. The van der Waals surface area contributed by atoms with Crippen LogP contribution in [0.3, 0.4) is 0 Å². The van der Waals surface area contributed by atoms with Gasteiger partial charge in [0.2, 0.25) is 0 Å². The average Bonchev–Trinajstić information content (AvgIpc) is 2.54. The fraction of sp³-hybridized carbons (Fsp3) is 0.143. The monoisotopic (exact) mass is 288 g/mol. The number of anilines is 2. The lowest BCUT2D eigenvalue weighted by Gasteiger charge is -2.13. The number of methoxy groups -OCH3 is 2. The Morgan fingerprint density at radius 2 is 2.00 bits per heavy atom.